The Hall–Kier alpha value is -2.37. The van der Waals surface area contributed by atoms with Crippen LogP contribution >= 0.6 is 23.2 Å². The summed E-state index contributed by atoms with van der Waals surface area (Å²) in [5.74, 6) is 0.266. The molecule has 0 spiro atoms. The highest BCUT2D eigenvalue weighted by molar-refractivity contribution is 6.32. The van der Waals surface area contributed by atoms with Crippen LogP contribution in [0.5, 0.6) is 0 Å². The van der Waals surface area contributed by atoms with Gasteiger partial charge in [0.15, 0.2) is 16.1 Å². The summed E-state index contributed by atoms with van der Waals surface area (Å²) in [6.07, 6.45) is 14.2. The van der Waals surface area contributed by atoms with Crippen LogP contribution in [0.15, 0.2) is 24.3 Å². The first-order chi connectivity index (χ1) is 16.5. The number of halogens is 2. The van der Waals surface area contributed by atoms with Crippen molar-refractivity contribution >= 4 is 52.2 Å². The summed E-state index contributed by atoms with van der Waals surface area (Å²) in [6.45, 7) is 2.21. The van der Waals surface area contributed by atoms with Crippen LogP contribution in [0.25, 0.3) is 23.2 Å². The van der Waals surface area contributed by atoms with E-state index in [1.807, 2.05) is 24.3 Å². The van der Waals surface area contributed by atoms with E-state index in [0.29, 0.717) is 28.5 Å². The number of para-hydroxylation sites is 2. The van der Waals surface area contributed by atoms with Crippen LogP contribution in [0.1, 0.15) is 80.9 Å². The molecule has 0 bridgehead atoms. The number of carbonyl (C=O) groups excluding carboxylic acids is 1. The van der Waals surface area contributed by atoms with Crippen LogP contribution in [-0.2, 0) is 6.42 Å². The molecule has 0 saturated heterocycles. The SMILES string of the molecule is CCCCCCc1nc2c(nc1Cl)=CC(CCCCCC(=O)c1nc3ccccc3nc1Cl)C=2. The molecule has 5 nitrogen and oxygen atoms in total. The lowest BCUT2D eigenvalue weighted by Crippen LogP contribution is -2.30. The lowest BCUT2D eigenvalue weighted by molar-refractivity contribution is 0.0974. The Morgan fingerprint density at radius 3 is 2.29 bits per heavy atom. The average Bonchev–Trinajstić information content (AvgIpc) is 3.22. The Bertz CT molecular complexity index is 1290. The maximum atomic E-state index is 12.6. The van der Waals surface area contributed by atoms with Gasteiger partial charge in [0, 0.05) is 6.42 Å². The van der Waals surface area contributed by atoms with Crippen molar-refractivity contribution < 1.29 is 4.79 Å². The number of carbonyl (C=O) groups is 1. The fourth-order valence-corrected chi connectivity index (χ4v) is 4.80. The summed E-state index contributed by atoms with van der Waals surface area (Å²) >= 11 is 12.6. The second-order valence-electron chi connectivity index (χ2n) is 8.91. The number of Topliss-reactive ketones (excluding diaryl/α,β-unsaturated/α-hetero) is 1. The molecule has 0 radical (unpaired) electrons. The molecule has 3 aromatic rings. The number of aromatic nitrogens is 4. The van der Waals surface area contributed by atoms with Gasteiger partial charge in [0.2, 0.25) is 0 Å². The van der Waals surface area contributed by atoms with Crippen LogP contribution in [0.4, 0.5) is 0 Å². The predicted octanol–water partition coefficient (Wildman–Crippen LogP) is 5.87. The zero-order chi connectivity index (χ0) is 23.9. The highest BCUT2D eigenvalue weighted by Crippen LogP contribution is 2.21. The molecule has 1 aromatic carbocycles. The maximum Gasteiger partial charge on any atom is 0.184 e. The van der Waals surface area contributed by atoms with Gasteiger partial charge in [0.1, 0.15) is 5.69 Å². The van der Waals surface area contributed by atoms with Crippen LogP contribution in [0, 0.1) is 5.92 Å². The molecule has 0 saturated carbocycles. The molecular formula is C27H30Cl2N4O. The molecule has 0 aliphatic heterocycles. The number of fused-ring (bicyclic) bond motifs is 2. The standard InChI is InChI=1S/C27H30Cl2N4O/c1-2-3-4-7-14-21-26(28)33-23-17-18(16-22(23)30-21)11-6-5-8-15-24(34)25-27(29)32-20-13-10-9-12-19(20)31-25/h9-10,12-13,16-18H,2-8,11,14-15H2,1H3. The number of hydrogen-bond acceptors (Lipinski definition) is 5. The molecule has 2 aromatic heterocycles. The van der Waals surface area contributed by atoms with Crippen LogP contribution in [-0.4, -0.2) is 25.7 Å². The molecule has 178 valence electrons. The number of ketones is 1. The van der Waals surface area contributed by atoms with E-state index in [1.165, 1.54) is 19.3 Å². The van der Waals surface area contributed by atoms with Gasteiger partial charge in [-0.05, 0) is 55.9 Å². The third kappa shape index (κ3) is 6.19. The lowest BCUT2D eigenvalue weighted by Gasteiger charge is -2.06. The van der Waals surface area contributed by atoms with Gasteiger partial charge >= 0.3 is 0 Å². The van der Waals surface area contributed by atoms with E-state index in [2.05, 4.69) is 34.0 Å². The summed E-state index contributed by atoms with van der Waals surface area (Å²) < 4.78 is 0. The summed E-state index contributed by atoms with van der Waals surface area (Å²) in [5.41, 5.74) is 2.57. The van der Waals surface area contributed by atoms with Crippen LogP contribution in [0.3, 0.4) is 0 Å². The minimum Gasteiger partial charge on any atom is -0.292 e. The van der Waals surface area contributed by atoms with Gasteiger partial charge in [-0.1, -0.05) is 74.4 Å². The Labute approximate surface area is 210 Å². The Balaban J connectivity index is 1.25. The Morgan fingerprint density at radius 1 is 0.824 bits per heavy atom. The van der Waals surface area contributed by atoms with Crippen molar-refractivity contribution in [2.24, 2.45) is 5.92 Å². The first-order valence-corrected chi connectivity index (χ1v) is 13.0. The first-order valence-electron chi connectivity index (χ1n) is 12.3. The topological polar surface area (TPSA) is 68.6 Å². The van der Waals surface area contributed by atoms with E-state index in [1.54, 1.807) is 0 Å². The largest absolute Gasteiger partial charge is 0.292 e. The van der Waals surface area contributed by atoms with Gasteiger partial charge < -0.3 is 0 Å². The Morgan fingerprint density at radius 2 is 1.53 bits per heavy atom. The van der Waals surface area contributed by atoms with Gasteiger partial charge in [-0.3, -0.25) is 4.79 Å². The molecule has 34 heavy (non-hydrogen) atoms. The van der Waals surface area contributed by atoms with Crippen molar-refractivity contribution in [3.63, 3.8) is 0 Å². The van der Waals surface area contributed by atoms with E-state index in [0.717, 1.165) is 54.9 Å². The molecule has 4 rings (SSSR count). The van der Waals surface area contributed by atoms with E-state index >= 15 is 0 Å². The number of hydrogen-bond donors (Lipinski definition) is 0. The second-order valence-corrected chi connectivity index (χ2v) is 9.63. The fourth-order valence-electron chi connectivity index (χ4n) is 4.34. The quantitative estimate of drug-likeness (QED) is 0.231. The smallest absolute Gasteiger partial charge is 0.184 e. The molecule has 7 heteroatoms. The van der Waals surface area contributed by atoms with Crippen molar-refractivity contribution in [2.75, 3.05) is 0 Å². The number of unbranched alkanes of at least 4 members (excludes halogenated alkanes) is 5. The predicted molar refractivity (Wildman–Crippen MR) is 139 cm³/mol. The molecule has 0 amide bonds. The minimum atomic E-state index is -0.0517. The fraction of sp³-hybridized carbons (Fsp3) is 0.444. The van der Waals surface area contributed by atoms with Gasteiger partial charge in [0.25, 0.3) is 0 Å². The van der Waals surface area contributed by atoms with Crippen LogP contribution < -0.4 is 10.7 Å². The molecule has 1 unspecified atom stereocenters. The van der Waals surface area contributed by atoms with E-state index in [9.17, 15) is 4.79 Å². The first kappa shape index (κ1) is 24.7. The number of rotatable bonds is 12. The van der Waals surface area contributed by atoms with Crippen molar-refractivity contribution in [2.45, 2.75) is 71.1 Å². The third-order valence-corrected chi connectivity index (χ3v) is 6.79. The Kier molecular flexibility index (Phi) is 8.63. The van der Waals surface area contributed by atoms with Crippen molar-refractivity contribution in [1.29, 1.82) is 0 Å². The number of nitrogens with zero attached hydrogens (tertiary/aromatic N) is 4. The number of benzene rings is 1. The average molecular weight is 497 g/mol. The number of aryl methyl sites for hydroxylation is 1. The van der Waals surface area contributed by atoms with Crippen molar-refractivity contribution in [3.8, 4) is 0 Å². The van der Waals surface area contributed by atoms with Crippen molar-refractivity contribution in [1.82, 2.24) is 19.9 Å². The third-order valence-electron chi connectivity index (χ3n) is 6.22. The maximum absolute atomic E-state index is 12.6. The molecule has 1 atom stereocenters. The molecule has 1 aliphatic carbocycles. The highest BCUT2D eigenvalue weighted by Gasteiger charge is 2.16. The highest BCUT2D eigenvalue weighted by atomic mass is 35.5. The van der Waals surface area contributed by atoms with E-state index in [-0.39, 0.29) is 16.6 Å². The monoisotopic (exact) mass is 496 g/mol. The molecule has 2 heterocycles. The lowest BCUT2D eigenvalue weighted by atomic mass is 10.0. The van der Waals surface area contributed by atoms with Gasteiger partial charge in [-0.25, -0.2) is 19.9 Å². The zero-order valence-corrected chi connectivity index (χ0v) is 21.1. The molecule has 0 N–H and O–H groups in total. The van der Waals surface area contributed by atoms with E-state index < -0.39 is 0 Å². The van der Waals surface area contributed by atoms with Crippen LogP contribution in [0.2, 0.25) is 10.3 Å². The summed E-state index contributed by atoms with van der Waals surface area (Å²) in [5, 5.41) is 2.57. The molecular weight excluding hydrogens is 467 g/mol. The summed E-state index contributed by atoms with van der Waals surface area (Å²) in [7, 11) is 0. The van der Waals surface area contributed by atoms with Gasteiger partial charge in [-0.15, -0.1) is 0 Å². The molecule has 1 aliphatic rings. The minimum absolute atomic E-state index is 0.0517. The van der Waals surface area contributed by atoms with Gasteiger partial charge in [-0.2, -0.15) is 0 Å². The van der Waals surface area contributed by atoms with Gasteiger partial charge in [0.05, 0.1) is 27.4 Å². The summed E-state index contributed by atoms with van der Waals surface area (Å²) in [6, 6.07) is 7.43. The summed E-state index contributed by atoms with van der Waals surface area (Å²) in [4.78, 5) is 30.7. The molecule has 0 fully saturated rings. The second kappa shape index (κ2) is 11.9. The van der Waals surface area contributed by atoms with E-state index in [4.69, 9.17) is 28.2 Å². The normalized spacial score (nSPS) is 14.6. The zero-order valence-electron chi connectivity index (χ0n) is 19.6. The van der Waals surface area contributed by atoms with Crippen molar-refractivity contribution in [3.05, 3.63) is 56.7 Å².